The van der Waals surface area contributed by atoms with E-state index < -0.39 is 0 Å². The lowest BCUT2D eigenvalue weighted by Gasteiger charge is -2.49. The molecule has 0 aromatic heterocycles. The molecule has 3 rings (SSSR count). The van der Waals surface area contributed by atoms with Crippen LogP contribution in [0.15, 0.2) is 16.9 Å². The van der Waals surface area contributed by atoms with Crippen molar-refractivity contribution in [1.82, 2.24) is 5.01 Å². The van der Waals surface area contributed by atoms with Gasteiger partial charge < -0.3 is 0 Å². The van der Waals surface area contributed by atoms with Crippen molar-refractivity contribution in [2.24, 2.45) is 22.5 Å². The van der Waals surface area contributed by atoms with Gasteiger partial charge in [-0.1, -0.05) is 18.6 Å². The van der Waals surface area contributed by atoms with E-state index in [1.54, 1.807) is 0 Å². The molecule has 3 atom stereocenters. The van der Waals surface area contributed by atoms with Gasteiger partial charge in [0.25, 0.3) is 0 Å². The monoisotopic (exact) mass is 220 g/mol. The summed E-state index contributed by atoms with van der Waals surface area (Å²) in [5, 5.41) is 3.93. The molecule has 16 heavy (non-hydrogen) atoms. The number of carbonyl (C=O) groups excluding carboxylic acids is 1. The Labute approximate surface area is 94.6 Å². The van der Waals surface area contributed by atoms with E-state index in [-0.39, 0.29) is 11.3 Å². The highest BCUT2D eigenvalue weighted by Crippen LogP contribution is 2.62. The molecule has 1 spiro atoms. The maximum Gasteiger partial charge on any atom is 0.245 e. The molecule has 0 radical (unpaired) electrons. The Bertz CT molecular complexity index is 390. The number of nitrogens with zero attached hydrogens (tertiary/aromatic N) is 2. The van der Waals surface area contributed by atoms with Gasteiger partial charge in [-0.05, 0) is 31.1 Å². The average Bonchev–Trinajstić information content (AvgIpc) is 2.78. The minimum atomic E-state index is -0.0909. The fraction of sp³-hybridized carbons (Fsp3) is 0.750. The fourth-order valence-electron chi connectivity index (χ4n) is 3.83. The van der Waals surface area contributed by atoms with E-state index in [0.717, 1.165) is 23.8 Å². The third kappa shape index (κ3) is 1.13. The van der Waals surface area contributed by atoms with Crippen LogP contribution in [0.3, 0.4) is 0 Å². The summed E-state index contributed by atoms with van der Waals surface area (Å²) in [7, 11) is 0. The summed E-state index contributed by atoms with van der Waals surface area (Å²) in [5.74, 6) is 1.17. The van der Waals surface area contributed by atoms with E-state index in [0.29, 0.717) is 18.9 Å². The van der Waals surface area contributed by atoms with Crippen LogP contribution in [0.2, 0.25) is 0 Å². The molecule has 1 saturated carbocycles. The molecule has 1 saturated heterocycles. The highest BCUT2D eigenvalue weighted by Gasteiger charge is 2.60. The third-order valence-corrected chi connectivity index (χ3v) is 4.63. The largest absolute Gasteiger partial charge is 0.273 e. The molecule has 2 aliphatic carbocycles. The zero-order valence-electron chi connectivity index (χ0n) is 9.48. The molecule has 0 aromatic rings. The van der Waals surface area contributed by atoms with Crippen molar-refractivity contribution in [2.45, 2.75) is 32.6 Å². The van der Waals surface area contributed by atoms with Crippen LogP contribution in [0, 0.1) is 22.2 Å². The third-order valence-electron chi connectivity index (χ3n) is 4.63. The number of hydrogen-bond donors (Lipinski definition) is 0. The molecule has 1 aliphatic heterocycles. The van der Waals surface area contributed by atoms with Crippen LogP contribution in [0.5, 0.6) is 0 Å². The quantitative estimate of drug-likeness (QED) is 0.529. The first-order chi connectivity index (χ1) is 7.68. The van der Waals surface area contributed by atoms with E-state index in [1.165, 1.54) is 12.0 Å². The first kappa shape index (κ1) is 10.00. The number of rotatable bonds is 2. The number of fused-ring (bicyclic) bond motifs is 2. The summed E-state index contributed by atoms with van der Waals surface area (Å²) >= 11 is 0. The first-order valence-corrected chi connectivity index (χ1v) is 6.02. The summed E-state index contributed by atoms with van der Waals surface area (Å²) in [6, 6.07) is 0. The fourth-order valence-corrected chi connectivity index (χ4v) is 3.83. The highest BCUT2D eigenvalue weighted by atomic mass is 16.3. The molecule has 4 nitrogen and oxygen atoms in total. The van der Waals surface area contributed by atoms with Crippen LogP contribution >= 0.6 is 0 Å². The number of hydrogen-bond acceptors (Lipinski definition) is 3. The SMILES string of the molecule is CCC1=C[C@@H]2[C@H](C1)C[C@@]21CC(=O)N(N=O)C1. The molecule has 86 valence electrons. The molecule has 4 heteroatoms. The van der Waals surface area contributed by atoms with E-state index in [1.807, 2.05) is 0 Å². The molecule has 1 heterocycles. The molecular formula is C12H16N2O2. The molecule has 0 aromatic carbocycles. The van der Waals surface area contributed by atoms with Crippen molar-refractivity contribution in [1.29, 1.82) is 0 Å². The van der Waals surface area contributed by atoms with Gasteiger partial charge in [0.2, 0.25) is 5.91 Å². The maximum absolute atomic E-state index is 11.6. The lowest BCUT2D eigenvalue weighted by atomic mass is 9.54. The van der Waals surface area contributed by atoms with Crippen LogP contribution < -0.4 is 0 Å². The zero-order valence-corrected chi connectivity index (χ0v) is 9.48. The van der Waals surface area contributed by atoms with Gasteiger partial charge in [0.1, 0.15) is 0 Å². The van der Waals surface area contributed by atoms with Gasteiger partial charge in [-0.25, -0.2) is 0 Å². The van der Waals surface area contributed by atoms with E-state index in [9.17, 15) is 9.70 Å². The zero-order chi connectivity index (χ0) is 11.3. The number of amides is 1. The Balaban J connectivity index is 1.81. The van der Waals surface area contributed by atoms with E-state index in [2.05, 4.69) is 18.3 Å². The Morgan fingerprint density at radius 3 is 3.06 bits per heavy atom. The second-order valence-corrected chi connectivity index (χ2v) is 5.44. The Kier molecular flexibility index (Phi) is 1.97. The first-order valence-electron chi connectivity index (χ1n) is 6.02. The van der Waals surface area contributed by atoms with Gasteiger partial charge in [0.15, 0.2) is 0 Å². The minimum Gasteiger partial charge on any atom is -0.273 e. The van der Waals surface area contributed by atoms with Crippen LogP contribution in [-0.4, -0.2) is 17.5 Å². The van der Waals surface area contributed by atoms with Crippen LogP contribution in [-0.2, 0) is 4.79 Å². The Morgan fingerprint density at radius 2 is 2.44 bits per heavy atom. The second kappa shape index (κ2) is 3.15. The maximum atomic E-state index is 11.6. The molecule has 2 fully saturated rings. The predicted octanol–water partition coefficient (Wildman–Crippen LogP) is 2.26. The lowest BCUT2D eigenvalue weighted by Crippen LogP contribution is -2.46. The van der Waals surface area contributed by atoms with Gasteiger partial charge in [0, 0.05) is 11.8 Å². The standard InChI is InChI=1S/C12H16N2O2/c1-2-8-3-9-5-12(10(9)4-8)6-11(15)14(7-12)13-16/h4,9-10H,2-3,5-7H2,1H3/t9-,10-,12+/m1/s1. The molecule has 0 unspecified atom stereocenters. The highest BCUT2D eigenvalue weighted by molar-refractivity contribution is 5.79. The molecule has 0 N–H and O–H groups in total. The smallest absolute Gasteiger partial charge is 0.245 e. The van der Waals surface area contributed by atoms with Crippen LogP contribution in [0.25, 0.3) is 0 Å². The van der Waals surface area contributed by atoms with E-state index >= 15 is 0 Å². The van der Waals surface area contributed by atoms with E-state index in [4.69, 9.17) is 0 Å². The van der Waals surface area contributed by atoms with Crippen molar-refractivity contribution >= 4 is 5.91 Å². The second-order valence-electron chi connectivity index (χ2n) is 5.44. The normalized spacial score (nSPS) is 40.9. The topological polar surface area (TPSA) is 49.7 Å². The van der Waals surface area contributed by atoms with Gasteiger partial charge in [-0.2, -0.15) is 5.01 Å². The van der Waals surface area contributed by atoms with Gasteiger partial charge in [0.05, 0.1) is 11.8 Å². The summed E-state index contributed by atoms with van der Waals surface area (Å²) in [4.78, 5) is 22.1. The number of allylic oxidation sites excluding steroid dienone is 2. The van der Waals surface area contributed by atoms with Crippen LogP contribution in [0.1, 0.15) is 32.6 Å². The predicted molar refractivity (Wildman–Crippen MR) is 59.1 cm³/mol. The van der Waals surface area contributed by atoms with Crippen molar-refractivity contribution in [3.05, 3.63) is 16.6 Å². The van der Waals surface area contributed by atoms with Crippen molar-refractivity contribution in [3.63, 3.8) is 0 Å². The Morgan fingerprint density at radius 1 is 1.62 bits per heavy atom. The van der Waals surface area contributed by atoms with Crippen molar-refractivity contribution in [3.8, 4) is 0 Å². The molecule has 0 bridgehead atoms. The number of nitroso groups, excluding NO2 is 1. The minimum absolute atomic E-state index is 0.0482. The molecule has 3 aliphatic rings. The summed E-state index contributed by atoms with van der Waals surface area (Å²) in [6.07, 6.45) is 6.29. The van der Waals surface area contributed by atoms with Gasteiger partial charge >= 0.3 is 0 Å². The number of carbonyl (C=O) groups is 1. The van der Waals surface area contributed by atoms with Gasteiger partial charge in [-0.3, -0.25) is 4.79 Å². The van der Waals surface area contributed by atoms with Crippen LogP contribution in [0.4, 0.5) is 0 Å². The summed E-state index contributed by atoms with van der Waals surface area (Å²) in [5.41, 5.74) is 1.57. The molecule has 1 amide bonds. The van der Waals surface area contributed by atoms with Crippen molar-refractivity contribution < 1.29 is 4.79 Å². The lowest BCUT2D eigenvalue weighted by molar-refractivity contribution is -0.128. The van der Waals surface area contributed by atoms with Gasteiger partial charge in [-0.15, -0.1) is 4.91 Å². The summed E-state index contributed by atoms with van der Waals surface area (Å²) in [6.45, 7) is 2.73. The van der Waals surface area contributed by atoms with Crippen molar-refractivity contribution in [2.75, 3.05) is 6.54 Å². The Hall–Kier alpha value is -1.19. The average molecular weight is 220 g/mol. The molecular weight excluding hydrogens is 204 g/mol. The summed E-state index contributed by atoms with van der Waals surface area (Å²) < 4.78 is 0.